The number of likely N-dealkylation sites (tertiary alicyclic amines) is 1. The number of nitrogens with one attached hydrogen (secondary N) is 1. The maximum atomic E-state index is 13.0. The first-order valence-corrected chi connectivity index (χ1v) is 12.0. The van der Waals surface area contributed by atoms with Gasteiger partial charge >= 0.3 is 19.2 Å². The second kappa shape index (κ2) is 11.1. The van der Waals surface area contributed by atoms with Crippen molar-refractivity contribution in [3.05, 3.63) is 10.4 Å². The highest BCUT2D eigenvalue weighted by molar-refractivity contribution is 6.45. The molecule has 2 rings (SSSR count). The maximum Gasteiger partial charge on any atom is 0.457 e. The van der Waals surface area contributed by atoms with Crippen molar-refractivity contribution in [3.63, 3.8) is 0 Å². The Balaban J connectivity index is 1.99. The molecular weight excluding hydrogens is 457 g/mol. The van der Waals surface area contributed by atoms with Crippen LogP contribution in [0, 0.1) is 11.8 Å². The molecule has 0 aromatic rings. The molecule has 196 valence electrons. The second-order valence-electron chi connectivity index (χ2n) is 11.2. The van der Waals surface area contributed by atoms with Crippen LogP contribution in [-0.4, -0.2) is 65.9 Å². The molecule has 12 nitrogen and oxygen atoms in total. The van der Waals surface area contributed by atoms with E-state index in [9.17, 15) is 14.4 Å². The summed E-state index contributed by atoms with van der Waals surface area (Å²) in [5.41, 5.74) is 6.94. The van der Waals surface area contributed by atoms with Gasteiger partial charge in [-0.2, -0.15) is 0 Å². The highest BCUT2D eigenvalue weighted by Crippen LogP contribution is 2.39. The van der Waals surface area contributed by atoms with Gasteiger partial charge in [0.15, 0.2) is 0 Å². The van der Waals surface area contributed by atoms with Gasteiger partial charge in [-0.05, 0) is 79.6 Å². The zero-order chi connectivity index (χ0) is 26.6. The molecule has 0 radical (unpaired) electrons. The summed E-state index contributed by atoms with van der Waals surface area (Å²) in [5, 5.41) is 5.45. The molecule has 0 spiro atoms. The molecule has 35 heavy (non-hydrogen) atoms. The highest BCUT2D eigenvalue weighted by atomic mass is 16.7. The van der Waals surface area contributed by atoms with Gasteiger partial charge in [-0.15, -0.1) is 0 Å². The molecule has 0 bridgehead atoms. The summed E-state index contributed by atoms with van der Waals surface area (Å²) in [6.45, 7) is 15.1. The summed E-state index contributed by atoms with van der Waals surface area (Å²) in [5.74, 6) is -1.90. The van der Waals surface area contributed by atoms with Gasteiger partial charge in [0.05, 0.1) is 17.1 Å². The van der Waals surface area contributed by atoms with Gasteiger partial charge in [-0.25, -0.2) is 4.79 Å². The molecule has 3 atom stereocenters. The largest absolute Gasteiger partial charge is 0.457 e. The van der Waals surface area contributed by atoms with Crippen LogP contribution >= 0.6 is 0 Å². The number of hydrogen-bond acceptors (Lipinski definition) is 8. The summed E-state index contributed by atoms with van der Waals surface area (Å²) in [7, 11) is -0.356. The van der Waals surface area contributed by atoms with Crippen molar-refractivity contribution in [2.24, 2.45) is 17.1 Å². The number of alkyl carbamates (subject to hydrolysis) is 1. The van der Waals surface area contributed by atoms with Gasteiger partial charge < -0.3 is 29.1 Å². The Hall–Kier alpha value is -2.50. The maximum absolute atomic E-state index is 13.0. The molecule has 1 unspecified atom stereocenters. The third kappa shape index (κ3) is 7.75. The van der Waals surface area contributed by atoms with Crippen molar-refractivity contribution in [1.82, 2.24) is 10.2 Å². The van der Waals surface area contributed by atoms with Crippen molar-refractivity contribution in [3.8, 4) is 0 Å². The lowest BCUT2D eigenvalue weighted by atomic mass is 9.79. The fourth-order valence-corrected chi connectivity index (χ4v) is 4.19. The number of hydrogen-bond donors (Lipinski definition) is 1. The molecule has 0 aromatic carbocycles. The Morgan fingerprint density at radius 3 is 2.34 bits per heavy atom. The van der Waals surface area contributed by atoms with Gasteiger partial charge in [0, 0.05) is 18.0 Å². The lowest BCUT2D eigenvalue weighted by Crippen LogP contribution is -2.47. The van der Waals surface area contributed by atoms with Gasteiger partial charge in [0.2, 0.25) is 5.91 Å². The van der Waals surface area contributed by atoms with Crippen molar-refractivity contribution in [1.29, 1.82) is 0 Å². The van der Waals surface area contributed by atoms with Crippen molar-refractivity contribution < 1.29 is 33.3 Å². The van der Waals surface area contributed by atoms with Crippen molar-refractivity contribution in [2.75, 3.05) is 13.1 Å². The third-order valence-electron chi connectivity index (χ3n) is 6.64. The number of ether oxygens (including phenoxy) is 1. The van der Waals surface area contributed by atoms with Crippen LogP contribution in [0.3, 0.4) is 0 Å². The number of carbonyl (C=O) groups is 3. The lowest BCUT2D eigenvalue weighted by Gasteiger charge is -2.32. The third-order valence-corrected chi connectivity index (χ3v) is 6.64. The van der Waals surface area contributed by atoms with Crippen LogP contribution in [0.25, 0.3) is 10.4 Å². The fraction of sp³-hybridized carbons (Fsp3) is 0.864. The number of nitrogens with zero attached hydrogens (tertiary/aromatic N) is 4. The minimum Gasteiger partial charge on any atom is -0.444 e. The Kier molecular flexibility index (Phi) is 9.07. The van der Waals surface area contributed by atoms with Crippen LogP contribution in [0.1, 0.15) is 68.2 Å². The smallest absolute Gasteiger partial charge is 0.444 e. The van der Waals surface area contributed by atoms with E-state index in [-0.39, 0.29) is 25.5 Å². The monoisotopic (exact) mass is 495 g/mol. The van der Waals surface area contributed by atoms with Crippen LogP contribution < -0.4 is 5.32 Å². The molecule has 2 aliphatic heterocycles. The van der Waals surface area contributed by atoms with Crippen molar-refractivity contribution in [2.45, 2.75) is 97.4 Å². The van der Waals surface area contributed by atoms with E-state index in [0.29, 0.717) is 25.7 Å². The molecule has 0 aliphatic carbocycles. The quantitative estimate of drug-likeness (QED) is 0.177. The molecule has 13 heteroatoms. The standard InChI is InChI=1S/C22H38BN5O7/c1-14(25-19(31)32-20(2,3)4)17(29)28-12-15(16(13-28)18(30)33-27-26-24)10-9-11-23-34-21(5,6)22(7,8)35-23/h14-16H,9-13H2,1-8H3,(H,25,31)/t14?,15-,16+/m1/s1. The highest BCUT2D eigenvalue weighted by Gasteiger charge is 2.50. The predicted octanol–water partition coefficient (Wildman–Crippen LogP) is 3.62. The van der Waals surface area contributed by atoms with Gasteiger partial charge in [-0.1, -0.05) is 6.42 Å². The zero-order valence-corrected chi connectivity index (χ0v) is 22.0. The summed E-state index contributed by atoms with van der Waals surface area (Å²) >= 11 is 0. The van der Waals surface area contributed by atoms with Gasteiger partial charge in [0.1, 0.15) is 16.9 Å². The van der Waals surface area contributed by atoms with Crippen LogP contribution in [0.5, 0.6) is 0 Å². The zero-order valence-electron chi connectivity index (χ0n) is 22.0. The Bertz CT molecular complexity index is 838. The van der Waals surface area contributed by atoms with Crippen LogP contribution in [0.2, 0.25) is 6.32 Å². The molecule has 2 saturated heterocycles. The minimum absolute atomic E-state index is 0.0973. The molecule has 0 saturated carbocycles. The number of amides is 2. The molecule has 2 heterocycles. The van der Waals surface area contributed by atoms with Crippen LogP contribution in [-0.2, 0) is 28.5 Å². The number of azide groups is 1. The average molecular weight is 495 g/mol. The Labute approximate surface area is 207 Å². The summed E-state index contributed by atoms with van der Waals surface area (Å²) in [4.78, 5) is 46.2. The predicted molar refractivity (Wildman–Crippen MR) is 128 cm³/mol. The number of carbonyl (C=O) groups excluding carboxylic acids is 3. The lowest BCUT2D eigenvalue weighted by molar-refractivity contribution is -0.149. The summed E-state index contributed by atoms with van der Waals surface area (Å²) in [6, 6.07) is -0.845. The molecule has 1 N–H and O–H groups in total. The fourth-order valence-electron chi connectivity index (χ4n) is 4.19. The first-order valence-electron chi connectivity index (χ1n) is 12.0. The average Bonchev–Trinajstić information content (AvgIpc) is 3.21. The van der Waals surface area contributed by atoms with E-state index < -0.39 is 40.8 Å². The van der Waals surface area contributed by atoms with E-state index in [1.165, 1.54) is 4.90 Å². The molecule has 0 aromatic heterocycles. The normalized spacial score (nSPS) is 23.9. The Morgan fingerprint density at radius 1 is 1.20 bits per heavy atom. The van der Waals surface area contributed by atoms with E-state index >= 15 is 0 Å². The van der Waals surface area contributed by atoms with E-state index in [4.69, 9.17) is 19.6 Å². The molecule has 2 amide bonds. The SMILES string of the molecule is CC(NC(=O)OC(C)(C)C)C(=O)N1C[C@@H](CCCB2OC(C)(C)C(C)(C)O2)[C@@H](C(=O)ON=[N+]=[N-])C1. The molecular formula is C22H38BN5O7. The van der Waals surface area contributed by atoms with Gasteiger partial charge in [0.25, 0.3) is 0 Å². The van der Waals surface area contributed by atoms with Crippen LogP contribution in [0.4, 0.5) is 4.79 Å². The topological polar surface area (TPSA) is 152 Å². The summed E-state index contributed by atoms with van der Waals surface area (Å²) < 4.78 is 17.3. The number of rotatable bonds is 8. The first kappa shape index (κ1) is 28.7. The first-order chi connectivity index (χ1) is 16.1. The summed E-state index contributed by atoms with van der Waals surface area (Å²) in [6.07, 6.45) is 1.24. The molecule has 2 aliphatic rings. The van der Waals surface area contributed by atoms with E-state index in [0.717, 1.165) is 0 Å². The van der Waals surface area contributed by atoms with Crippen molar-refractivity contribution >= 4 is 25.1 Å². The van der Waals surface area contributed by atoms with Gasteiger partial charge in [-0.3, -0.25) is 9.59 Å². The van der Waals surface area contributed by atoms with E-state index in [2.05, 4.69) is 20.3 Å². The minimum atomic E-state index is -0.845. The second-order valence-corrected chi connectivity index (χ2v) is 11.2. The van der Waals surface area contributed by atoms with E-state index in [1.807, 2.05) is 27.7 Å². The van der Waals surface area contributed by atoms with Crippen LogP contribution in [0.15, 0.2) is 5.28 Å². The molecule has 2 fully saturated rings. The van der Waals surface area contributed by atoms with E-state index in [1.54, 1.807) is 27.7 Å². The Morgan fingerprint density at radius 2 is 1.80 bits per heavy atom.